The average molecular weight is 414 g/mol. The van der Waals surface area contributed by atoms with Crippen LogP contribution < -0.4 is 16.6 Å². The van der Waals surface area contributed by atoms with Gasteiger partial charge in [0, 0.05) is 11.2 Å². The normalized spacial score (nSPS) is 11.8. The molecule has 0 fully saturated rings. The van der Waals surface area contributed by atoms with E-state index in [1.54, 1.807) is 16.5 Å². The largest absolute Gasteiger partial charge is 0.382 e. The van der Waals surface area contributed by atoms with Crippen LogP contribution in [0.15, 0.2) is 59.7 Å². The number of nitrogens with two attached hydrogens (primary N) is 1. The highest BCUT2D eigenvalue weighted by atomic mass is 19.1. The Labute approximate surface area is 177 Å². The summed E-state index contributed by atoms with van der Waals surface area (Å²) < 4.78 is 15.6. The van der Waals surface area contributed by atoms with Crippen molar-refractivity contribution in [1.29, 1.82) is 5.26 Å². The van der Waals surface area contributed by atoms with E-state index >= 15 is 0 Å². The fourth-order valence-corrected chi connectivity index (χ4v) is 3.67. The van der Waals surface area contributed by atoms with Crippen LogP contribution in [0.2, 0.25) is 0 Å². The van der Waals surface area contributed by atoms with E-state index in [9.17, 15) is 14.4 Å². The Morgan fingerprint density at radius 1 is 1.19 bits per heavy atom. The van der Waals surface area contributed by atoms with Gasteiger partial charge in [-0.1, -0.05) is 18.2 Å². The van der Waals surface area contributed by atoms with Gasteiger partial charge in [0.05, 0.1) is 11.6 Å². The van der Waals surface area contributed by atoms with E-state index in [2.05, 4.69) is 15.3 Å². The Kier molecular flexibility index (Phi) is 5.09. The van der Waals surface area contributed by atoms with E-state index in [0.717, 1.165) is 5.69 Å². The van der Waals surface area contributed by atoms with Crippen LogP contribution in [-0.2, 0) is 0 Å². The third kappa shape index (κ3) is 3.57. The number of nitrogens with one attached hydrogen (secondary N) is 1. The van der Waals surface area contributed by atoms with Crippen LogP contribution in [0.3, 0.4) is 0 Å². The van der Waals surface area contributed by atoms with Crippen molar-refractivity contribution in [2.24, 2.45) is 0 Å². The lowest BCUT2D eigenvalue weighted by Gasteiger charge is -2.21. The number of anilines is 2. The van der Waals surface area contributed by atoms with Crippen molar-refractivity contribution in [3.63, 3.8) is 0 Å². The molecule has 8 heteroatoms. The molecule has 0 saturated carbocycles. The summed E-state index contributed by atoms with van der Waals surface area (Å²) in [6.45, 7) is 3.68. The lowest BCUT2D eigenvalue weighted by molar-refractivity contribution is 0.628. The second kappa shape index (κ2) is 7.88. The zero-order chi connectivity index (χ0) is 22.1. The molecule has 3 N–H and O–H groups in total. The fraction of sp³-hybridized carbons (Fsp3) is 0.130. The van der Waals surface area contributed by atoms with Crippen molar-refractivity contribution in [1.82, 2.24) is 14.4 Å². The van der Waals surface area contributed by atoms with Crippen LogP contribution in [-0.4, -0.2) is 14.4 Å². The third-order valence-electron chi connectivity index (χ3n) is 5.15. The quantitative estimate of drug-likeness (QED) is 0.525. The first-order valence-corrected chi connectivity index (χ1v) is 9.59. The number of aryl methyl sites for hydroxylation is 1. The van der Waals surface area contributed by atoms with Gasteiger partial charge < -0.3 is 11.1 Å². The maximum absolute atomic E-state index is 14.0. The summed E-state index contributed by atoms with van der Waals surface area (Å²) in [7, 11) is 0. The van der Waals surface area contributed by atoms with Crippen molar-refractivity contribution in [2.45, 2.75) is 19.9 Å². The predicted octanol–water partition coefficient (Wildman–Crippen LogP) is 3.83. The zero-order valence-electron chi connectivity index (χ0n) is 16.9. The molecule has 3 aromatic heterocycles. The minimum atomic E-state index is -0.446. The Hall–Kier alpha value is -4.25. The number of nitrogen functional groups attached to an aromatic ring is 1. The maximum atomic E-state index is 14.0. The van der Waals surface area contributed by atoms with Gasteiger partial charge in [-0.15, -0.1) is 0 Å². The highest BCUT2D eigenvalue weighted by molar-refractivity contribution is 5.72. The summed E-state index contributed by atoms with van der Waals surface area (Å²) in [5, 5.41) is 12.6. The number of fused-ring (bicyclic) bond motifs is 1. The van der Waals surface area contributed by atoms with Crippen molar-refractivity contribution >= 4 is 17.2 Å². The molecule has 154 valence electrons. The number of halogens is 1. The predicted molar refractivity (Wildman–Crippen MR) is 117 cm³/mol. The summed E-state index contributed by atoms with van der Waals surface area (Å²) >= 11 is 0. The standard InChI is InChI=1S/C23H19FN6O/c1-13-5-3-8-17-10-18(14(2)29-22-19(11-25)21(26)27-12-28-22)20(23(31)30(13)17)15-6-4-7-16(24)9-15/h3-10,12,14H,1-2H3,(H3,26,27,28,29). The van der Waals surface area contributed by atoms with Gasteiger partial charge in [-0.05, 0) is 55.3 Å². The van der Waals surface area contributed by atoms with Crippen molar-refractivity contribution in [2.75, 3.05) is 11.1 Å². The molecule has 0 radical (unpaired) electrons. The molecule has 1 atom stereocenters. The monoisotopic (exact) mass is 414 g/mol. The van der Waals surface area contributed by atoms with Crippen LogP contribution >= 0.6 is 0 Å². The number of hydrogen-bond acceptors (Lipinski definition) is 6. The second-order valence-electron chi connectivity index (χ2n) is 7.18. The minimum Gasteiger partial charge on any atom is -0.382 e. The topological polar surface area (TPSA) is 109 Å². The molecular weight excluding hydrogens is 395 g/mol. The van der Waals surface area contributed by atoms with Gasteiger partial charge in [0.15, 0.2) is 0 Å². The molecular formula is C23H19FN6O. The van der Waals surface area contributed by atoms with E-state index in [0.29, 0.717) is 22.2 Å². The Morgan fingerprint density at radius 3 is 2.71 bits per heavy atom. The first-order valence-electron chi connectivity index (χ1n) is 9.59. The number of pyridine rings is 2. The Bertz CT molecular complexity index is 1410. The third-order valence-corrected chi connectivity index (χ3v) is 5.15. The van der Waals surface area contributed by atoms with Gasteiger partial charge >= 0.3 is 0 Å². The van der Waals surface area contributed by atoms with E-state index < -0.39 is 11.9 Å². The highest BCUT2D eigenvalue weighted by Gasteiger charge is 2.20. The van der Waals surface area contributed by atoms with Crippen LogP contribution in [0, 0.1) is 24.1 Å². The smallest absolute Gasteiger partial charge is 0.263 e. The SMILES string of the molecule is Cc1cccc2cc(C(C)Nc3ncnc(N)c3C#N)c(-c3cccc(F)c3)c(=O)n12. The van der Waals surface area contributed by atoms with Gasteiger partial charge in [-0.3, -0.25) is 9.20 Å². The molecule has 0 aliphatic heterocycles. The average Bonchev–Trinajstić information content (AvgIpc) is 2.73. The molecule has 4 rings (SSSR count). The first kappa shape index (κ1) is 20.0. The molecule has 3 heterocycles. The molecule has 7 nitrogen and oxygen atoms in total. The molecule has 0 bridgehead atoms. The van der Waals surface area contributed by atoms with Gasteiger partial charge in [0.1, 0.15) is 35.4 Å². The molecule has 0 amide bonds. The fourth-order valence-electron chi connectivity index (χ4n) is 3.67. The van der Waals surface area contributed by atoms with Gasteiger partial charge in [0.2, 0.25) is 0 Å². The molecule has 31 heavy (non-hydrogen) atoms. The van der Waals surface area contributed by atoms with E-state index in [1.807, 2.05) is 44.2 Å². The summed E-state index contributed by atoms with van der Waals surface area (Å²) in [6.07, 6.45) is 1.26. The Balaban J connectivity index is 1.95. The molecule has 0 aliphatic carbocycles. The highest BCUT2D eigenvalue weighted by Crippen LogP contribution is 2.30. The molecule has 0 saturated heterocycles. The maximum Gasteiger partial charge on any atom is 0.263 e. The summed E-state index contributed by atoms with van der Waals surface area (Å²) in [5.41, 5.74) is 8.60. The lowest BCUT2D eigenvalue weighted by atomic mass is 9.96. The Morgan fingerprint density at radius 2 is 1.97 bits per heavy atom. The van der Waals surface area contributed by atoms with Crippen LogP contribution in [0.25, 0.3) is 16.6 Å². The van der Waals surface area contributed by atoms with Gasteiger partial charge in [-0.25, -0.2) is 14.4 Å². The van der Waals surface area contributed by atoms with E-state index in [4.69, 9.17) is 5.73 Å². The summed E-state index contributed by atoms with van der Waals surface area (Å²) in [4.78, 5) is 21.5. The van der Waals surface area contributed by atoms with Crippen molar-refractivity contribution in [3.05, 3.63) is 87.9 Å². The molecule has 1 aromatic carbocycles. The minimum absolute atomic E-state index is 0.0618. The van der Waals surface area contributed by atoms with E-state index in [-0.39, 0.29) is 22.8 Å². The van der Waals surface area contributed by atoms with Gasteiger partial charge in [-0.2, -0.15) is 5.26 Å². The zero-order valence-corrected chi connectivity index (χ0v) is 16.9. The number of nitriles is 1. The number of nitrogens with zero attached hydrogens (tertiary/aromatic N) is 4. The number of hydrogen-bond donors (Lipinski definition) is 2. The van der Waals surface area contributed by atoms with Crippen LogP contribution in [0.5, 0.6) is 0 Å². The van der Waals surface area contributed by atoms with E-state index in [1.165, 1.54) is 18.5 Å². The molecule has 0 aliphatic rings. The van der Waals surface area contributed by atoms with Crippen molar-refractivity contribution in [3.8, 4) is 17.2 Å². The molecule has 4 aromatic rings. The number of aromatic nitrogens is 3. The second-order valence-corrected chi connectivity index (χ2v) is 7.18. The van der Waals surface area contributed by atoms with Crippen LogP contribution in [0.4, 0.5) is 16.0 Å². The van der Waals surface area contributed by atoms with Crippen molar-refractivity contribution < 1.29 is 4.39 Å². The number of rotatable bonds is 4. The lowest BCUT2D eigenvalue weighted by Crippen LogP contribution is -2.22. The number of benzene rings is 1. The molecule has 0 spiro atoms. The van der Waals surface area contributed by atoms with Crippen LogP contribution in [0.1, 0.15) is 29.8 Å². The summed E-state index contributed by atoms with van der Waals surface area (Å²) in [5.74, 6) is -0.113. The molecule has 1 unspecified atom stereocenters. The first-order chi connectivity index (χ1) is 14.9. The van der Waals surface area contributed by atoms with Gasteiger partial charge in [0.25, 0.3) is 5.56 Å². The summed E-state index contributed by atoms with van der Waals surface area (Å²) in [6, 6.07) is 14.9.